The number of benzene rings is 2. The minimum Gasteiger partial charge on any atom is -0.376 e. The Morgan fingerprint density at radius 3 is 1.60 bits per heavy atom. The van der Waals surface area contributed by atoms with Crippen molar-refractivity contribution in [3.63, 3.8) is 0 Å². The molecular formula is C18H19F3O3S. The molecule has 0 unspecified atom stereocenters. The molecule has 0 spiro atoms. The minimum absolute atomic E-state index is 0.356. The fourth-order valence-electron chi connectivity index (χ4n) is 2.34. The lowest BCUT2D eigenvalue weighted by molar-refractivity contribution is -0.0500. The van der Waals surface area contributed by atoms with Crippen molar-refractivity contribution < 1.29 is 25.8 Å². The van der Waals surface area contributed by atoms with Gasteiger partial charge in [0.25, 0.3) is 0 Å². The molecule has 136 valence electrons. The van der Waals surface area contributed by atoms with Gasteiger partial charge in [0.15, 0.2) is 0 Å². The van der Waals surface area contributed by atoms with E-state index in [9.17, 15) is 21.6 Å². The lowest BCUT2D eigenvalue weighted by Crippen LogP contribution is -2.28. The molecule has 0 amide bonds. The average Bonchev–Trinajstić information content (AvgIpc) is 2.54. The predicted octanol–water partition coefficient (Wildman–Crippen LogP) is 4.65. The summed E-state index contributed by atoms with van der Waals surface area (Å²) in [5, 5.41) is 0. The van der Waals surface area contributed by atoms with Crippen molar-refractivity contribution in [1.82, 2.24) is 0 Å². The largest absolute Gasteiger partial charge is 0.534 e. The normalized spacial score (nSPS) is 12.2. The molecular weight excluding hydrogens is 353 g/mol. The van der Waals surface area contributed by atoms with E-state index in [-0.39, 0.29) is 5.75 Å². The van der Waals surface area contributed by atoms with E-state index < -0.39 is 15.6 Å². The van der Waals surface area contributed by atoms with Crippen molar-refractivity contribution in [1.29, 1.82) is 0 Å². The maximum Gasteiger partial charge on any atom is 0.534 e. The van der Waals surface area contributed by atoms with E-state index in [2.05, 4.69) is 35.4 Å². The van der Waals surface area contributed by atoms with Crippen molar-refractivity contribution in [2.24, 2.45) is 0 Å². The van der Waals surface area contributed by atoms with Gasteiger partial charge in [-0.05, 0) is 48.1 Å². The van der Waals surface area contributed by atoms with E-state index in [4.69, 9.17) is 0 Å². The first-order valence-electron chi connectivity index (χ1n) is 7.89. The highest BCUT2D eigenvalue weighted by molar-refractivity contribution is 7.88. The molecule has 0 bridgehead atoms. The van der Waals surface area contributed by atoms with Gasteiger partial charge < -0.3 is 4.18 Å². The zero-order valence-corrected chi connectivity index (χ0v) is 14.5. The van der Waals surface area contributed by atoms with Crippen LogP contribution in [0.5, 0.6) is 5.75 Å². The van der Waals surface area contributed by atoms with Gasteiger partial charge in [-0.25, -0.2) is 0 Å². The molecule has 0 saturated heterocycles. The number of aryl methyl sites for hydroxylation is 3. The summed E-state index contributed by atoms with van der Waals surface area (Å²) in [4.78, 5) is 0. The fraction of sp³-hybridized carbons (Fsp3) is 0.333. The quantitative estimate of drug-likeness (QED) is 0.525. The Morgan fingerprint density at radius 2 is 1.20 bits per heavy atom. The third kappa shape index (κ3) is 5.49. The maximum atomic E-state index is 12.3. The summed E-state index contributed by atoms with van der Waals surface area (Å²) < 4.78 is 62.8. The molecule has 0 fully saturated rings. The second-order valence-corrected chi connectivity index (χ2v) is 7.23. The average molecular weight is 372 g/mol. The molecule has 0 aromatic heterocycles. The molecule has 0 heterocycles. The van der Waals surface area contributed by atoms with Crippen LogP contribution in [-0.4, -0.2) is 13.9 Å². The van der Waals surface area contributed by atoms with Gasteiger partial charge in [0.1, 0.15) is 5.75 Å². The number of hydrogen-bond donors (Lipinski definition) is 0. The van der Waals surface area contributed by atoms with Crippen LogP contribution in [0.3, 0.4) is 0 Å². The topological polar surface area (TPSA) is 43.4 Å². The highest BCUT2D eigenvalue weighted by atomic mass is 32.2. The van der Waals surface area contributed by atoms with Crippen LogP contribution in [-0.2, 0) is 29.4 Å². The summed E-state index contributed by atoms with van der Waals surface area (Å²) in [6.07, 6.45) is 3.62. The molecule has 2 aromatic rings. The molecule has 0 N–H and O–H groups in total. The number of hydrogen-bond acceptors (Lipinski definition) is 3. The van der Waals surface area contributed by atoms with E-state index in [0.717, 1.165) is 24.8 Å². The summed E-state index contributed by atoms with van der Waals surface area (Å²) in [6.45, 7) is 2.13. The van der Waals surface area contributed by atoms with Gasteiger partial charge >= 0.3 is 15.6 Å². The predicted molar refractivity (Wildman–Crippen MR) is 89.9 cm³/mol. The van der Waals surface area contributed by atoms with Crippen LogP contribution in [0.15, 0.2) is 48.5 Å². The Hall–Kier alpha value is -2.02. The zero-order chi connectivity index (χ0) is 18.5. The first-order valence-corrected chi connectivity index (χ1v) is 9.29. The zero-order valence-electron chi connectivity index (χ0n) is 13.7. The van der Waals surface area contributed by atoms with E-state index in [1.807, 2.05) is 0 Å². The maximum absolute atomic E-state index is 12.3. The van der Waals surface area contributed by atoms with Gasteiger partial charge in [-0.15, -0.1) is 0 Å². The number of halogens is 3. The molecule has 2 rings (SSSR count). The van der Waals surface area contributed by atoms with Crippen molar-refractivity contribution in [3.8, 4) is 5.75 Å². The highest BCUT2D eigenvalue weighted by Gasteiger charge is 2.48. The van der Waals surface area contributed by atoms with Crippen molar-refractivity contribution in [2.45, 2.75) is 38.1 Å². The van der Waals surface area contributed by atoms with Gasteiger partial charge in [-0.2, -0.15) is 21.6 Å². The van der Waals surface area contributed by atoms with Crippen molar-refractivity contribution >= 4 is 10.1 Å². The van der Waals surface area contributed by atoms with Crippen molar-refractivity contribution in [3.05, 3.63) is 65.2 Å². The van der Waals surface area contributed by atoms with Crippen LogP contribution in [0, 0.1) is 0 Å². The standard InChI is InChI=1S/C18H19F3O3S/c1-2-3-14-4-6-15(7-5-14)8-9-16-10-12-17(13-11-16)24-25(22,23)18(19,20)21/h4-7,10-13H,2-3,8-9H2,1H3. The first kappa shape index (κ1) is 19.3. The fourth-order valence-corrected chi connectivity index (χ4v) is 2.79. The Morgan fingerprint density at radius 1 is 0.800 bits per heavy atom. The van der Waals surface area contributed by atoms with Crippen LogP contribution in [0.1, 0.15) is 30.0 Å². The molecule has 7 heteroatoms. The Balaban J connectivity index is 1.94. The molecule has 0 saturated carbocycles. The van der Waals surface area contributed by atoms with Crippen molar-refractivity contribution in [2.75, 3.05) is 0 Å². The monoisotopic (exact) mass is 372 g/mol. The van der Waals surface area contributed by atoms with Crippen LogP contribution in [0.2, 0.25) is 0 Å². The van der Waals surface area contributed by atoms with E-state index in [0.29, 0.717) is 6.42 Å². The second kappa shape index (κ2) is 7.91. The third-order valence-electron chi connectivity index (χ3n) is 3.68. The smallest absolute Gasteiger partial charge is 0.376 e. The lowest BCUT2D eigenvalue weighted by Gasteiger charge is -2.10. The van der Waals surface area contributed by atoms with Crippen LogP contribution < -0.4 is 4.18 Å². The Labute approximate surface area is 145 Å². The second-order valence-electron chi connectivity index (χ2n) is 5.69. The Kier molecular flexibility index (Phi) is 6.11. The van der Waals surface area contributed by atoms with Crippen LogP contribution >= 0.6 is 0 Å². The highest BCUT2D eigenvalue weighted by Crippen LogP contribution is 2.27. The summed E-state index contributed by atoms with van der Waals surface area (Å²) in [5.41, 5.74) is -2.09. The van der Waals surface area contributed by atoms with Gasteiger partial charge in [0, 0.05) is 0 Å². The van der Waals surface area contributed by atoms with E-state index >= 15 is 0 Å². The third-order valence-corrected chi connectivity index (χ3v) is 4.66. The van der Waals surface area contributed by atoms with E-state index in [1.165, 1.54) is 23.3 Å². The molecule has 0 aliphatic carbocycles. The Bertz CT molecular complexity index is 780. The number of alkyl halides is 3. The van der Waals surface area contributed by atoms with Gasteiger partial charge in [0.05, 0.1) is 0 Å². The molecule has 0 radical (unpaired) electrons. The van der Waals surface area contributed by atoms with Gasteiger partial charge in [-0.1, -0.05) is 49.7 Å². The van der Waals surface area contributed by atoms with Crippen LogP contribution in [0.4, 0.5) is 13.2 Å². The summed E-state index contributed by atoms with van der Waals surface area (Å²) in [6, 6.07) is 13.9. The lowest BCUT2D eigenvalue weighted by atomic mass is 10.0. The van der Waals surface area contributed by atoms with Gasteiger partial charge in [0.2, 0.25) is 0 Å². The molecule has 2 aromatic carbocycles. The SMILES string of the molecule is CCCc1ccc(CCc2ccc(OS(=O)(=O)C(F)(F)F)cc2)cc1. The summed E-state index contributed by atoms with van der Waals surface area (Å²) >= 11 is 0. The molecule has 25 heavy (non-hydrogen) atoms. The molecule has 3 nitrogen and oxygen atoms in total. The summed E-state index contributed by atoms with van der Waals surface area (Å²) in [7, 11) is -5.63. The van der Waals surface area contributed by atoms with E-state index in [1.54, 1.807) is 12.1 Å². The number of rotatable bonds is 7. The molecule has 0 atom stereocenters. The van der Waals surface area contributed by atoms with Gasteiger partial charge in [-0.3, -0.25) is 0 Å². The van der Waals surface area contributed by atoms with Crippen LogP contribution in [0.25, 0.3) is 0 Å². The first-order chi connectivity index (χ1) is 11.7. The molecule has 0 aliphatic rings. The summed E-state index contributed by atoms with van der Waals surface area (Å²) in [5.74, 6) is -0.356. The molecule has 0 aliphatic heterocycles. The minimum atomic E-state index is -5.63.